The van der Waals surface area contributed by atoms with Crippen LogP contribution in [0.2, 0.25) is 0 Å². The third kappa shape index (κ3) is 5.64. The highest BCUT2D eigenvalue weighted by Gasteiger charge is 2.47. The highest BCUT2D eigenvalue weighted by molar-refractivity contribution is 6.48. The standard InChI is InChI=1S/C18H25BF6O2/c1-5-9-16(6-2,19(26-7-3)27-8-4)13-10-14(17(20,21)22)12-15(11-13)18(23,24)25/h10-12H,5-9H2,1-4H3. The maximum atomic E-state index is 13.3. The first-order chi connectivity index (χ1) is 12.5. The van der Waals surface area contributed by atoms with Crippen molar-refractivity contribution >= 4 is 7.12 Å². The van der Waals surface area contributed by atoms with E-state index >= 15 is 0 Å². The van der Waals surface area contributed by atoms with Crippen molar-refractivity contribution < 1.29 is 35.7 Å². The fourth-order valence-corrected chi connectivity index (χ4v) is 3.30. The summed E-state index contributed by atoms with van der Waals surface area (Å²) < 4.78 is 90.9. The zero-order chi connectivity index (χ0) is 20.9. The molecule has 0 aromatic heterocycles. The van der Waals surface area contributed by atoms with Crippen LogP contribution in [0.1, 0.15) is 63.6 Å². The normalized spacial score (nSPS) is 14.9. The largest absolute Gasteiger partial charge is 0.468 e. The van der Waals surface area contributed by atoms with E-state index < -0.39 is 35.9 Å². The molecule has 1 rings (SSSR count). The summed E-state index contributed by atoms with van der Waals surface area (Å²) in [5, 5.41) is -1.12. The third-order valence-electron chi connectivity index (χ3n) is 4.58. The lowest BCUT2D eigenvalue weighted by Crippen LogP contribution is -2.47. The quantitative estimate of drug-likeness (QED) is 0.361. The van der Waals surface area contributed by atoms with Crippen molar-refractivity contribution in [3.8, 4) is 0 Å². The van der Waals surface area contributed by atoms with E-state index in [-0.39, 0.29) is 31.3 Å². The molecule has 1 unspecified atom stereocenters. The second kappa shape index (κ2) is 9.32. The van der Waals surface area contributed by atoms with E-state index in [9.17, 15) is 26.3 Å². The molecule has 9 heteroatoms. The van der Waals surface area contributed by atoms with Gasteiger partial charge >= 0.3 is 19.5 Å². The molecule has 0 spiro atoms. The maximum absolute atomic E-state index is 13.3. The average molecular weight is 398 g/mol. The number of hydrogen-bond acceptors (Lipinski definition) is 2. The van der Waals surface area contributed by atoms with Crippen molar-refractivity contribution in [1.29, 1.82) is 0 Å². The van der Waals surface area contributed by atoms with Gasteiger partial charge in [0, 0.05) is 18.5 Å². The zero-order valence-electron chi connectivity index (χ0n) is 15.9. The Labute approximate surface area is 156 Å². The molecule has 0 amide bonds. The van der Waals surface area contributed by atoms with E-state index in [0.29, 0.717) is 12.8 Å². The Morgan fingerprint density at radius 3 is 1.44 bits per heavy atom. The first-order valence-electron chi connectivity index (χ1n) is 8.99. The topological polar surface area (TPSA) is 18.5 Å². The number of hydrogen-bond donors (Lipinski definition) is 0. The lowest BCUT2D eigenvalue weighted by Gasteiger charge is -2.37. The first kappa shape index (κ1) is 23.8. The fraction of sp³-hybridized carbons (Fsp3) is 0.667. The smallest absolute Gasteiger partial charge is 0.411 e. The number of alkyl halides is 6. The molecule has 1 atom stereocenters. The molecule has 1 aromatic carbocycles. The van der Waals surface area contributed by atoms with Gasteiger partial charge in [-0.25, -0.2) is 0 Å². The van der Waals surface area contributed by atoms with Crippen LogP contribution in [0.4, 0.5) is 26.3 Å². The molecule has 0 aliphatic carbocycles. The number of rotatable bonds is 9. The zero-order valence-corrected chi connectivity index (χ0v) is 15.9. The Morgan fingerprint density at radius 2 is 1.15 bits per heavy atom. The SMILES string of the molecule is CCCC(CC)(B(OCC)OCC)c1cc(C(F)(F)F)cc(C(F)(F)F)c1. The molecule has 0 N–H and O–H groups in total. The average Bonchev–Trinajstić information content (AvgIpc) is 2.57. The minimum atomic E-state index is -4.89. The highest BCUT2D eigenvalue weighted by Crippen LogP contribution is 2.43. The van der Waals surface area contributed by atoms with Gasteiger partial charge in [0.15, 0.2) is 0 Å². The molecule has 0 bridgehead atoms. The van der Waals surface area contributed by atoms with E-state index in [4.69, 9.17) is 9.31 Å². The van der Waals surface area contributed by atoms with Gasteiger partial charge in [-0.05, 0) is 50.5 Å². The molecule has 27 heavy (non-hydrogen) atoms. The highest BCUT2D eigenvalue weighted by atomic mass is 19.4. The molecule has 0 saturated carbocycles. The predicted octanol–water partition coefficient (Wildman–Crippen LogP) is 6.27. The molecule has 0 radical (unpaired) electrons. The fourth-order valence-electron chi connectivity index (χ4n) is 3.30. The lowest BCUT2D eigenvalue weighted by atomic mass is 9.50. The Morgan fingerprint density at radius 1 is 0.741 bits per heavy atom. The maximum Gasteiger partial charge on any atom is 0.468 e. The van der Waals surface area contributed by atoms with Crippen LogP contribution in [-0.2, 0) is 27.0 Å². The summed E-state index contributed by atoms with van der Waals surface area (Å²) in [6, 6.07) is 1.73. The predicted molar refractivity (Wildman–Crippen MR) is 92.3 cm³/mol. The van der Waals surface area contributed by atoms with Crippen LogP contribution in [0.15, 0.2) is 18.2 Å². The summed E-state index contributed by atoms with van der Waals surface area (Å²) in [4.78, 5) is 0. The monoisotopic (exact) mass is 398 g/mol. The lowest BCUT2D eigenvalue weighted by molar-refractivity contribution is -0.143. The van der Waals surface area contributed by atoms with Crippen LogP contribution in [0.25, 0.3) is 0 Å². The summed E-state index contributed by atoms with van der Waals surface area (Å²) in [7, 11) is -0.943. The van der Waals surface area contributed by atoms with E-state index in [0.717, 1.165) is 12.1 Å². The molecule has 1 aromatic rings. The third-order valence-corrected chi connectivity index (χ3v) is 4.58. The summed E-state index contributed by atoms with van der Waals surface area (Å²) in [5.74, 6) is 0. The van der Waals surface area contributed by atoms with E-state index in [2.05, 4.69) is 0 Å². The minimum absolute atomic E-state index is 0.0686. The van der Waals surface area contributed by atoms with Gasteiger partial charge in [0.1, 0.15) is 0 Å². The summed E-state index contributed by atoms with van der Waals surface area (Å²) in [6.07, 6.45) is -8.65. The van der Waals surface area contributed by atoms with Crippen molar-refractivity contribution in [2.24, 2.45) is 0 Å². The molecule has 2 nitrogen and oxygen atoms in total. The van der Waals surface area contributed by atoms with Crippen molar-refractivity contribution in [3.63, 3.8) is 0 Å². The molecule has 0 aliphatic heterocycles. The molecule has 0 fully saturated rings. The Bertz CT molecular complexity index is 564. The molecule has 0 saturated heterocycles. The van der Waals surface area contributed by atoms with Gasteiger partial charge in [0.25, 0.3) is 0 Å². The van der Waals surface area contributed by atoms with Crippen LogP contribution in [0, 0.1) is 0 Å². The van der Waals surface area contributed by atoms with Gasteiger partial charge in [-0.3, -0.25) is 0 Å². The molecule has 0 aliphatic rings. The van der Waals surface area contributed by atoms with Crippen LogP contribution in [-0.4, -0.2) is 20.3 Å². The van der Waals surface area contributed by atoms with Gasteiger partial charge in [-0.1, -0.05) is 20.3 Å². The minimum Gasteiger partial charge on any atom is -0.411 e. The summed E-state index contributed by atoms with van der Waals surface area (Å²) in [5.41, 5.74) is -2.72. The van der Waals surface area contributed by atoms with Crippen LogP contribution in [0.5, 0.6) is 0 Å². The number of benzene rings is 1. The first-order valence-corrected chi connectivity index (χ1v) is 8.99. The Hall–Kier alpha value is -1.22. The summed E-state index contributed by atoms with van der Waals surface area (Å²) in [6.45, 7) is 7.38. The van der Waals surface area contributed by atoms with Gasteiger partial charge in [-0.2, -0.15) is 26.3 Å². The molecule has 154 valence electrons. The van der Waals surface area contributed by atoms with Crippen LogP contribution in [0.3, 0.4) is 0 Å². The van der Waals surface area contributed by atoms with Gasteiger partial charge in [0.05, 0.1) is 11.1 Å². The van der Waals surface area contributed by atoms with Gasteiger partial charge in [0.2, 0.25) is 0 Å². The van der Waals surface area contributed by atoms with E-state index in [1.807, 2.05) is 6.92 Å². The second-order valence-electron chi connectivity index (χ2n) is 6.30. The molecule has 0 heterocycles. The van der Waals surface area contributed by atoms with Crippen molar-refractivity contribution in [3.05, 3.63) is 34.9 Å². The van der Waals surface area contributed by atoms with E-state index in [1.165, 1.54) is 0 Å². The molecular weight excluding hydrogens is 373 g/mol. The van der Waals surface area contributed by atoms with Crippen LogP contribution < -0.4 is 0 Å². The van der Waals surface area contributed by atoms with Crippen molar-refractivity contribution in [2.75, 3.05) is 13.2 Å². The van der Waals surface area contributed by atoms with Gasteiger partial charge in [-0.15, -0.1) is 0 Å². The van der Waals surface area contributed by atoms with Gasteiger partial charge < -0.3 is 9.31 Å². The van der Waals surface area contributed by atoms with E-state index in [1.54, 1.807) is 20.8 Å². The second-order valence-corrected chi connectivity index (χ2v) is 6.30. The van der Waals surface area contributed by atoms with Crippen molar-refractivity contribution in [2.45, 2.75) is 64.6 Å². The Balaban J connectivity index is 3.74. The summed E-state index contributed by atoms with van der Waals surface area (Å²) >= 11 is 0. The molecular formula is C18H25BF6O2. The number of halogens is 6. The van der Waals surface area contributed by atoms with Crippen LogP contribution >= 0.6 is 0 Å². The Kier molecular flexibility index (Phi) is 8.22. The van der Waals surface area contributed by atoms with Crippen molar-refractivity contribution in [1.82, 2.24) is 0 Å².